The fourth-order valence-corrected chi connectivity index (χ4v) is 1.99. The van der Waals surface area contributed by atoms with Gasteiger partial charge in [-0.3, -0.25) is 14.5 Å². The van der Waals surface area contributed by atoms with Crippen molar-refractivity contribution in [1.82, 2.24) is 10.2 Å². The van der Waals surface area contributed by atoms with Crippen LogP contribution >= 0.6 is 0 Å². The average molecular weight is 274 g/mol. The summed E-state index contributed by atoms with van der Waals surface area (Å²) in [7, 11) is 1.61. The van der Waals surface area contributed by atoms with Crippen LogP contribution in [0.25, 0.3) is 0 Å². The first-order valence-electron chi connectivity index (χ1n) is 6.55. The number of hydrogen-bond acceptors (Lipinski definition) is 4. The smallest absolute Gasteiger partial charge is 0.323 e. The van der Waals surface area contributed by atoms with Gasteiger partial charge in [0.25, 0.3) is 0 Å². The summed E-state index contributed by atoms with van der Waals surface area (Å²) < 4.78 is 4.90. The van der Waals surface area contributed by atoms with Crippen LogP contribution in [-0.4, -0.2) is 60.3 Å². The number of amides is 1. The van der Waals surface area contributed by atoms with Crippen molar-refractivity contribution in [3.8, 4) is 0 Å². The minimum absolute atomic E-state index is 0.160. The Hall–Kier alpha value is -1.14. The quantitative estimate of drug-likeness (QED) is 0.605. The number of carboxylic acids is 1. The van der Waals surface area contributed by atoms with E-state index in [1.54, 1.807) is 32.8 Å². The number of nitrogens with zero attached hydrogens (tertiary/aromatic N) is 1. The second-order valence-electron chi connectivity index (χ2n) is 4.96. The van der Waals surface area contributed by atoms with E-state index in [0.717, 1.165) is 6.42 Å². The van der Waals surface area contributed by atoms with E-state index in [1.165, 1.54) is 0 Å². The molecule has 0 fully saturated rings. The van der Waals surface area contributed by atoms with Crippen molar-refractivity contribution >= 4 is 11.9 Å². The topological polar surface area (TPSA) is 78.9 Å². The van der Waals surface area contributed by atoms with Gasteiger partial charge in [-0.05, 0) is 33.7 Å². The molecule has 0 aromatic carbocycles. The van der Waals surface area contributed by atoms with Crippen LogP contribution in [0.15, 0.2) is 0 Å². The molecular formula is C13H26N2O4. The molecule has 1 amide bonds. The maximum absolute atomic E-state index is 12.0. The van der Waals surface area contributed by atoms with Crippen molar-refractivity contribution in [3.63, 3.8) is 0 Å². The molecule has 0 spiro atoms. The number of likely N-dealkylation sites (N-methyl/N-ethyl adjacent to an activating group) is 1. The molecule has 0 rings (SSSR count). The minimum atomic E-state index is -1.07. The van der Waals surface area contributed by atoms with Gasteiger partial charge in [-0.15, -0.1) is 0 Å². The van der Waals surface area contributed by atoms with Crippen molar-refractivity contribution in [1.29, 1.82) is 0 Å². The number of rotatable bonds is 9. The van der Waals surface area contributed by atoms with Gasteiger partial charge in [0.2, 0.25) is 5.91 Å². The SMILES string of the molecule is CCN(C(C)C(=O)NCCCOC)C(C)(C)C(=O)O. The Kier molecular flexibility index (Phi) is 7.63. The van der Waals surface area contributed by atoms with Gasteiger partial charge in [0.1, 0.15) is 5.54 Å². The molecule has 0 heterocycles. The summed E-state index contributed by atoms with van der Waals surface area (Å²) in [4.78, 5) is 24.9. The van der Waals surface area contributed by atoms with Gasteiger partial charge >= 0.3 is 5.97 Å². The Labute approximate surface area is 115 Å². The third kappa shape index (κ3) is 5.16. The second kappa shape index (κ2) is 8.12. The van der Waals surface area contributed by atoms with Crippen LogP contribution < -0.4 is 5.32 Å². The summed E-state index contributed by atoms with van der Waals surface area (Å²) in [6.45, 7) is 8.39. The largest absolute Gasteiger partial charge is 0.480 e. The molecule has 0 saturated heterocycles. The summed E-state index contributed by atoms with van der Waals surface area (Å²) in [5, 5.41) is 12.0. The van der Waals surface area contributed by atoms with Crippen LogP contribution in [0.2, 0.25) is 0 Å². The molecule has 6 heteroatoms. The fraction of sp³-hybridized carbons (Fsp3) is 0.846. The molecular weight excluding hydrogens is 248 g/mol. The molecule has 0 bridgehead atoms. The third-order valence-electron chi connectivity index (χ3n) is 3.25. The zero-order chi connectivity index (χ0) is 15.1. The first kappa shape index (κ1) is 17.9. The van der Waals surface area contributed by atoms with Crippen molar-refractivity contribution in [2.24, 2.45) is 0 Å². The van der Waals surface area contributed by atoms with E-state index in [9.17, 15) is 14.7 Å². The highest BCUT2D eigenvalue weighted by atomic mass is 16.5. The van der Waals surface area contributed by atoms with Crippen molar-refractivity contribution in [2.75, 3.05) is 26.8 Å². The number of carbonyl (C=O) groups is 2. The Morgan fingerprint density at radius 2 is 2.00 bits per heavy atom. The maximum Gasteiger partial charge on any atom is 0.323 e. The van der Waals surface area contributed by atoms with Crippen LogP contribution in [0.3, 0.4) is 0 Å². The molecule has 0 aliphatic heterocycles. The van der Waals surface area contributed by atoms with Crippen molar-refractivity contribution < 1.29 is 19.4 Å². The third-order valence-corrected chi connectivity index (χ3v) is 3.25. The van der Waals surface area contributed by atoms with Gasteiger partial charge in [-0.25, -0.2) is 0 Å². The van der Waals surface area contributed by atoms with Crippen LogP contribution in [0.4, 0.5) is 0 Å². The zero-order valence-corrected chi connectivity index (χ0v) is 12.5. The van der Waals surface area contributed by atoms with Gasteiger partial charge < -0.3 is 15.2 Å². The predicted molar refractivity (Wildman–Crippen MR) is 73.1 cm³/mol. The second-order valence-corrected chi connectivity index (χ2v) is 4.96. The Morgan fingerprint density at radius 1 is 1.42 bits per heavy atom. The molecule has 1 atom stereocenters. The lowest BCUT2D eigenvalue weighted by Crippen LogP contribution is -2.58. The highest BCUT2D eigenvalue weighted by molar-refractivity contribution is 5.83. The molecule has 1 unspecified atom stereocenters. The Morgan fingerprint density at radius 3 is 2.42 bits per heavy atom. The normalized spacial score (nSPS) is 13.4. The summed E-state index contributed by atoms with van der Waals surface area (Å²) in [5.41, 5.74) is -1.07. The molecule has 112 valence electrons. The van der Waals surface area contributed by atoms with Gasteiger partial charge in [0.15, 0.2) is 0 Å². The lowest BCUT2D eigenvalue weighted by atomic mass is 10.0. The first-order chi connectivity index (χ1) is 8.78. The van der Waals surface area contributed by atoms with E-state index >= 15 is 0 Å². The number of ether oxygens (including phenoxy) is 1. The Balaban J connectivity index is 4.54. The van der Waals surface area contributed by atoms with Crippen LogP contribution in [0, 0.1) is 0 Å². The Bertz CT molecular complexity index is 305. The number of carbonyl (C=O) groups excluding carboxylic acids is 1. The molecule has 6 nitrogen and oxygen atoms in total. The number of hydrogen-bond donors (Lipinski definition) is 2. The van der Waals surface area contributed by atoms with E-state index in [4.69, 9.17) is 4.74 Å². The average Bonchev–Trinajstić information content (AvgIpc) is 2.34. The lowest BCUT2D eigenvalue weighted by molar-refractivity contribution is -0.152. The molecule has 2 N–H and O–H groups in total. The van der Waals surface area contributed by atoms with Gasteiger partial charge in [0.05, 0.1) is 6.04 Å². The van der Waals surface area contributed by atoms with E-state index < -0.39 is 17.6 Å². The molecule has 0 saturated carbocycles. The molecule has 0 radical (unpaired) electrons. The summed E-state index contributed by atoms with van der Waals surface area (Å²) >= 11 is 0. The van der Waals surface area contributed by atoms with Gasteiger partial charge in [-0.1, -0.05) is 6.92 Å². The molecule has 0 aromatic rings. The van der Waals surface area contributed by atoms with Gasteiger partial charge in [-0.2, -0.15) is 0 Å². The number of nitrogens with one attached hydrogen (secondary N) is 1. The molecule has 0 aromatic heterocycles. The van der Waals surface area contributed by atoms with Gasteiger partial charge in [0, 0.05) is 20.3 Å². The first-order valence-corrected chi connectivity index (χ1v) is 6.55. The van der Waals surface area contributed by atoms with Crippen molar-refractivity contribution in [3.05, 3.63) is 0 Å². The lowest BCUT2D eigenvalue weighted by Gasteiger charge is -2.37. The van der Waals surface area contributed by atoms with E-state index in [2.05, 4.69) is 5.32 Å². The fourth-order valence-electron chi connectivity index (χ4n) is 1.99. The zero-order valence-electron chi connectivity index (χ0n) is 12.5. The van der Waals surface area contributed by atoms with Crippen molar-refractivity contribution in [2.45, 2.75) is 45.7 Å². The monoisotopic (exact) mass is 274 g/mol. The minimum Gasteiger partial charge on any atom is -0.480 e. The number of methoxy groups -OCH3 is 1. The van der Waals surface area contributed by atoms with Crippen LogP contribution in [0.1, 0.15) is 34.1 Å². The van der Waals surface area contributed by atoms with E-state index in [1.807, 2.05) is 6.92 Å². The standard InChI is InChI=1S/C13H26N2O4/c1-6-15(13(3,4)12(17)18)10(2)11(16)14-8-7-9-19-5/h10H,6-9H2,1-5H3,(H,14,16)(H,17,18). The summed E-state index contributed by atoms with van der Waals surface area (Å²) in [6, 6.07) is -0.487. The van der Waals surface area contributed by atoms with Crippen LogP contribution in [-0.2, 0) is 14.3 Å². The number of carboxylic acid groups (broad SMARTS) is 1. The molecule has 19 heavy (non-hydrogen) atoms. The van der Waals surface area contributed by atoms with E-state index in [0.29, 0.717) is 19.7 Å². The van der Waals surface area contributed by atoms with Crippen LogP contribution in [0.5, 0.6) is 0 Å². The number of aliphatic carboxylic acids is 1. The predicted octanol–water partition coefficient (Wildman–Crippen LogP) is 0.713. The van der Waals surface area contributed by atoms with E-state index in [-0.39, 0.29) is 5.91 Å². The maximum atomic E-state index is 12.0. The summed E-state index contributed by atoms with van der Waals surface area (Å²) in [6.07, 6.45) is 0.739. The molecule has 0 aliphatic rings. The highest BCUT2D eigenvalue weighted by Crippen LogP contribution is 2.18. The summed E-state index contributed by atoms with van der Waals surface area (Å²) in [5.74, 6) is -1.10. The molecule has 0 aliphatic carbocycles. The highest BCUT2D eigenvalue weighted by Gasteiger charge is 2.38.